The van der Waals surface area contributed by atoms with Crippen molar-refractivity contribution in [2.24, 2.45) is 16.9 Å². The van der Waals surface area contributed by atoms with Gasteiger partial charge in [0.25, 0.3) is 0 Å². The Labute approximate surface area is 176 Å². The molecule has 2 heterocycles. The fourth-order valence-corrected chi connectivity index (χ4v) is 5.26. The van der Waals surface area contributed by atoms with Crippen molar-refractivity contribution in [1.82, 2.24) is 4.90 Å². The van der Waals surface area contributed by atoms with E-state index in [1.807, 2.05) is 0 Å². The van der Waals surface area contributed by atoms with E-state index in [1.165, 1.54) is 34.7 Å². The third-order valence-corrected chi connectivity index (χ3v) is 6.68. The first-order chi connectivity index (χ1) is 14.2. The van der Waals surface area contributed by atoms with Gasteiger partial charge in [-0.3, -0.25) is 19.3 Å². The van der Waals surface area contributed by atoms with Gasteiger partial charge in [0.05, 0.1) is 13.2 Å². The number of hydrogen-bond acceptors (Lipinski definition) is 7. The van der Waals surface area contributed by atoms with Crippen molar-refractivity contribution in [2.75, 3.05) is 42.8 Å². The summed E-state index contributed by atoms with van der Waals surface area (Å²) in [4.78, 5) is 51.3. The zero-order valence-corrected chi connectivity index (χ0v) is 17.1. The van der Waals surface area contributed by atoms with Gasteiger partial charge in [-0.2, -0.15) is 0 Å². The van der Waals surface area contributed by atoms with E-state index in [0.717, 1.165) is 0 Å². The fraction of sp³-hybridized carbons (Fsp3) is 0.444. The lowest BCUT2D eigenvalue weighted by Gasteiger charge is -2.56. The number of carbonyl (C=O) groups is 4. The van der Waals surface area contributed by atoms with Crippen LogP contribution in [0.5, 0.6) is 0 Å². The van der Waals surface area contributed by atoms with Gasteiger partial charge >= 0.3 is 12.0 Å². The van der Waals surface area contributed by atoms with Crippen LogP contribution in [0.3, 0.4) is 0 Å². The van der Waals surface area contributed by atoms with E-state index in [0.29, 0.717) is 11.4 Å². The van der Waals surface area contributed by atoms with Crippen molar-refractivity contribution in [3.8, 4) is 0 Å². The van der Waals surface area contributed by atoms with E-state index in [4.69, 9.17) is 16.2 Å². The highest BCUT2D eigenvalue weighted by molar-refractivity contribution is 8.00. The van der Waals surface area contributed by atoms with Crippen molar-refractivity contribution in [2.45, 2.75) is 11.4 Å². The molecule has 6 N–H and O–H groups in total. The number of rotatable bonds is 7. The third-order valence-electron chi connectivity index (χ3n) is 5.10. The van der Waals surface area contributed by atoms with Crippen LogP contribution < -0.4 is 21.7 Å². The smallest absolute Gasteiger partial charge is 0.316 e. The largest absolute Gasteiger partial charge is 0.481 e. The molecule has 0 saturated carbocycles. The van der Waals surface area contributed by atoms with Crippen LogP contribution in [0.4, 0.5) is 16.2 Å². The van der Waals surface area contributed by atoms with Crippen LogP contribution in [-0.4, -0.2) is 77.8 Å². The number of aliphatic carboxylic acids is 1. The minimum absolute atomic E-state index is 0.00288. The molecular weight excluding hydrogens is 414 g/mol. The fourth-order valence-electron chi connectivity index (χ4n) is 3.70. The molecule has 2 fully saturated rings. The number of benzene rings is 1. The Hall–Kier alpha value is -2.83. The molecule has 1 aromatic rings. The number of nitrogens with one attached hydrogen (secondary N) is 1. The van der Waals surface area contributed by atoms with Crippen LogP contribution in [0.1, 0.15) is 0 Å². The highest BCUT2D eigenvalue weighted by Gasteiger charge is 2.59. The van der Waals surface area contributed by atoms with Crippen LogP contribution in [0.15, 0.2) is 24.3 Å². The Bertz CT molecular complexity index is 882. The number of carbonyl (C=O) groups excluding carboxylic acids is 3. The molecule has 3 rings (SSSR count). The van der Waals surface area contributed by atoms with E-state index in [1.54, 1.807) is 18.2 Å². The third kappa shape index (κ3) is 3.80. The van der Waals surface area contributed by atoms with Gasteiger partial charge in [0.2, 0.25) is 11.8 Å². The first-order valence-electron chi connectivity index (χ1n) is 9.07. The van der Waals surface area contributed by atoms with Gasteiger partial charge in [-0.25, -0.2) is 4.79 Å². The molecule has 0 radical (unpaired) electrons. The van der Waals surface area contributed by atoms with Gasteiger partial charge in [-0.1, -0.05) is 6.07 Å². The van der Waals surface area contributed by atoms with Crippen LogP contribution in [-0.2, 0) is 19.1 Å². The second kappa shape index (κ2) is 8.50. The summed E-state index contributed by atoms with van der Waals surface area (Å²) >= 11 is 1.29. The predicted octanol–water partition coefficient (Wildman–Crippen LogP) is -0.530. The number of nitrogens with two attached hydrogens (primary N) is 2. The quantitative estimate of drug-likeness (QED) is 0.413. The zero-order chi connectivity index (χ0) is 22.1. The van der Waals surface area contributed by atoms with Gasteiger partial charge in [0, 0.05) is 30.8 Å². The maximum atomic E-state index is 13.0. The molecule has 1 aromatic carbocycles. The van der Waals surface area contributed by atoms with Gasteiger partial charge in [0.15, 0.2) is 0 Å². The number of urea groups is 1. The summed E-state index contributed by atoms with van der Waals surface area (Å²) in [6.45, 7) is -0.350. The van der Waals surface area contributed by atoms with Gasteiger partial charge in [-0.15, -0.1) is 11.8 Å². The molecule has 0 spiro atoms. The summed E-state index contributed by atoms with van der Waals surface area (Å²) in [5, 5.41) is 11.7. The van der Waals surface area contributed by atoms with E-state index in [-0.39, 0.29) is 31.4 Å². The lowest BCUT2D eigenvalue weighted by Crippen LogP contribution is -2.75. The summed E-state index contributed by atoms with van der Waals surface area (Å²) in [5.74, 6) is -1.65. The summed E-state index contributed by atoms with van der Waals surface area (Å²) in [6, 6.07) is 4.75. The molecule has 11 nitrogen and oxygen atoms in total. The zero-order valence-electron chi connectivity index (χ0n) is 16.2. The number of carboxylic acids is 1. The molecule has 12 heteroatoms. The Morgan fingerprint density at radius 1 is 1.43 bits per heavy atom. The summed E-state index contributed by atoms with van der Waals surface area (Å²) in [6.07, 6.45) is 0. The Balaban J connectivity index is 1.88. The van der Waals surface area contributed by atoms with Gasteiger partial charge < -0.3 is 31.5 Å². The van der Waals surface area contributed by atoms with Crippen molar-refractivity contribution < 1.29 is 29.0 Å². The van der Waals surface area contributed by atoms with Crippen molar-refractivity contribution in [1.29, 1.82) is 0 Å². The van der Waals surface area contributed by atoms with E-state index in [9.17, 15) is 24.3 Å². The molecule has 3 atom stereocenters. The van der Waals surface area contributed by atoms with E-state index in [2.05, 4.69) is 5.32 Å². The highest BCUT2D eigenvalue weighted by Crippen LogP contribution is 2.45. The molecule has 30 heavy (non-hydrogen) atoms. The first kappa shape index (κ1) is 21.9. The normalized spacial score (nSPS) is 25.1. The van der Waals surface area contributed by atoms with Gasteiger partial charge in [-0.05, 0) is 18.2 Å². The Morgan fingerprint density at radius 2 is 2.17 bits per heavy atom. The van der Waals surface area contributed by atoms with Crippen LogP contribution in [0, 0.1) is 5.41 Å². The molecule has 2 unspecified atom stereocenters. The maximum absolute atomic E-state index is 13.0. The molecule has 0 aliphatic carbocycles. The summed E-state index contributed by atoms with van der Waals surface area (Å²) in [5.41, 5.74) is 10.3. The summed E-state index contributed by atoms with van der Waals surface area (Å²) < 4.78 is 5.08. The SMILES string of the molecule is COCC1(C(=O)O)CS[C@@H]2C(N(C(=O)CN)c3cccc(NC(N)=O)c3)C(=O)N2C1. The van der Waals surface area contributed by atoms with Crippen LogP contribution in [0.25, 0.3) is 0 Å². The number of methoxy groups -OCH3 is 1. The average molecular weight is 437 g/mol. The molecule has 162 valence electrons. The number of fused-ring (bicyclic) bond motifs is 1. The van der Waals surface area contributed by atoms with Crippen LogP contribution >= 0.6 is 11.8 Å². The first-order valence-corrected chi connectivity index (χ1v) is 10.1. The lowest BCUT2D eigenvalue weighted by atomic mass is 9.87. The number of anilines is 2. The van der Waals surface area contributed by atoms with Gasteiger partial charge in [0.1, 0.15) is 16.8 Å². The topological polar surface area (TPSA) is 168 Å². The number of thioether (sulfide) groups is 1. The molecule has 2 aliphatic rings. The maximum Gasteiger partial charge on any atom is 0.316 e. The average Bonchev–Trinajstić information content (AvgIpc) is 2.71. The Morgan fingerprint density at radius 3 is 2.77 bits per heavy atom. The number of nitrogens with zero attached hydrogens (tertiary/aromatic N) is 2. The minimum atomic E-state index is -1.20. The predicted molar refractivity (Wildman–Crippen MR) is 110 cm³/mol. The van der Waals surface area contributed by atoms with Crippen molar-refractivity contribution >= 4 is 47.0 Å². The monoisotopic (exact) mass is 437 g/mol. The standard InChI is InChI=1S/C18H23N5O6S/c1-29-8-18(16(26)27)7-22-14(25)13(15(22)30-9-18)23(12(24)6-19)11-4-2-3-10(5-11)21-17(20)28/h2-5,13,15H,6-9,19H2,1H3,(H,26,27)(H3,20,21,28)/t13?,15-,18?/m1/s1. The minimum Gasteiger partial charge on any atom is -0.481 e. The molecular formula is C18H23N5O6S. The number of carboxylic acid groups (broad SMARTS) is 1. The molecule has 0 aromatic heterocycles. The summed E-state index contributed by atoms with van der Waals surface area (Å²) in [7, 11) is 1.41. The number of amides is 4. The van der Waals surface area contributed by atoms with Crippen molar-refractivity contribution in [3.05, 3.63) is 24.3 Å². The molecule has 0 bridgehead atoms. The van der Waals surface area contributed by atoms with Crippen LogP contribution in [0.2, 0.25) is 0 Å². The Kier molecular flexibility index (Phi) is 6.19. The molecule has 2 saturated heterocycles. The number of hydrogen-bond donors (Lipinski definition) is 4. The lowest BCUT2D eigenvalue weighted by molar-refractivity contribution is -0.160. The van der Waals surface area contributed by atoms with E-state index >= 15 is 0 Å². The second-order valence-corrected chi connectivity index (χ2v) is 8.24. The number of β-lactam (4-membered cyclic amide) rings is 1. The molecule has 2 aliphatic heterocycles. The van der Waals surface area contributed by atoms with E-state index < -0.39 is 34.7 Å². The molecule has 4 amide bonds. The second-order valence-electron chi connectivity index (χ2n) is 7.14. The highest BCUT2D eigenvalue weighted by atomic mass is 32.2. The number of primary amides is 1. The van der Waals surface area contributed by atoms with Crippen molar-refractivity contribution in [3.63, 3.8) is 0 Å². The number of ether oxygens (including phenoxy) is 1.